The number of sulfonamides is 1. The van der Waals surface area contributed by atoms with Crippen LogP contribution in [0.5, 0.6) is 0 Å². The molecular formula is C19H21N5O4S. The second-order valence-electron chi connectivity index (χ2n) is 6.65. The molecule has 4 rings (SSSR count). The van der Waals surface area contributed by atoms with Crippen molar-refractivity contribution in [1.82, 2.24) is 14.3 Å². The molecule has 0 spiro atoms. The van der Waals surface area contributed by atoms with Crippen LogP contribution in [0.1, 0.15) is 16.1 Å². The largest absolute Gasteiger partial charge is 0.379 e. The van der Waals surface area contributed by atoms with E-state index in [-0.39, 0.29) is 23.7 Å². The summed E-state index contributed by atoms with van der Waals surface area (Å²) in [5, 5.41) is 3.70. The number of H-pyrrole nitrogens is 1. The summed E-state index contributed by atoms with van der Waals surface area (Å²) >= 11 is 0. The number of fused-ring (bicyclic) bond motifs is 1. The van der Waals surface area contributed by atoms with Crippen molar-refractivity contribution >= 4 is 32.5 Å². The van der Waals surface area contributed by atoms with Crippen molar-refractivity contribution < 1.29 is 17.9 Å². The smallest absolute Gasteiger partial charge is 0.266 e. The fourth-order valence-corrected chi connectivity index (χ4v) is 5.14. The Morgan fingerprint density at radius 1 is 1.21 bits per heavy atom. The minimum absolute atomic E-state index is 0.0885. The van der Waals surface area contributed by atoms with Crippen LogP contribution in [0, 0.1) is 0 Å². The predicted octanol–water partition coefficient (Wildman–Crippen LogP) is 1.29. The number of primary amides is 1. The molecule has 1 aliphatic heterocycles. The van der Waals surface area contributed by atoms with Crippen molar-refractivity contribution in [2.75, 3.05) is 31.6 Å². The molecule has 10 heteroatoms. The lowest BCUT2D eigenvalue weighted by Gasteiger charge is -2.26. The number of carbonyl (C=O) groups is 1. The van der Waals surface area contributed by atoms with E-state index in [0.29, 0.717) is 36.3 Å². The number of rotatable bonds is 6. The molecule has 3 aromatic rings. The number of benzene rings is 1. The van der Waals surface area contributed by atoms with Gasteiger partial charge < -0.3 is 20.8 Å². The second-order valence-corrected chi connectivity index (χ2v) is 8.52. The van der Waals surface area contributed by atoms with Crippen molar-refractivity contribution in [2.45, 2.75) is 11.4 Å². The number of aromatic nitrogens is 2. The van der Waals surface area contributed by atoms with Crippen molar-refractivity contribution in [3.05, 3.63) is 54.0 Å². The summed E-state index contributed by atoms with van der Waals surface area (Å²) in [6, 6.07) is 8.99. The van der Waals surface area contributed by atoms with Gasteiger partial charge in [0.1, 0.15) is 10.6 Å². The van der Waals surface area contributed by atoms with Crippen LogP contribution >= 0.6 is 0 Å². The van der Waals surface area contributed by atoms with Gasteiger partial charge in [0.25, 0.3) is 5.91 Å². The third-order valence-electron chi connectivity index (χ3n) is 4.83. The van der Waals surface area contributed by atoms with Crippen LogP contribution < -0.4 is 11.1 Å². The fourth-order valence-electron chi connectivity index (χ4n) is 3.40. The van der Waals surface area contributed by atoms with Gasteiger partial charge >= 0.3 is 0 Å². The lowest BCUT2D eigenvalue weighted by molar-refractivity contribution is 0.0730. The first-order valence-electron chi connectivity index (χ1n) is 9.13. The highest BCUT2D eigenvalue weighted by molar-refractivity contribution is 7.89. The van der Waals surface area contributed by atoms with Crippen molar-refractivity contribution in [1.29, 1.82) is 0 Å². The van der Waals surface area contributed by atoms with Crippen molar-refractivity contribution in [3.8, 4) is 0 Å². The molecule has 0 radical (unpaired) electrons. The van der Waals surface area contributed by atoms with Gasteiger partial charge in [-0.2, -0.15) is 4.31 Å². The number of para-hydroxylation sites is 1. The molecule has 1 amide bonds. The zero-order chi connectivity index (χ0) is 20.4. The third kappa shape index (κ3) is 3.69. The van der Waals surface area contributed by atoms with E-state index in [4.69, 9.17) is 10.5 Å². The number of nitrogens with two attached hydrogens (primary N) is 1. The van der Waals surface area contributed by atoms with Crippen LogP contribution in [-0.4, -0.2) is 54.9 Å². The number of morpholine rings is 1. The van der Waals surface area contributed by atoms with Crippen molar-refractivity contribution in [3.63, 3.8) is 0 Å². The Balaban J connectivity index is 1.78. The van der Waals surface area contributed by atoms with Crippen LogP contribution in [0.3, 0.4) is 0 Å². The van der Waals surface area contributed by atoms with E-state index < -0.39 is 15.9 Å². The van der Waals surface area contributed by atoms with Gasteiger partial charge in [0.15, 0.2) is 0 Å². The standard InChI is InChI=1S/C19H21N5O4S/c20-19(25)17-18(29(26,27)24-8-10-28-11-9-24)14-2-1-3-15(16(14)23-17)22-12-13-4-6-21-7-5-13/h1-7,22-23H,8-12H2,(H2,20,25). The van der Waals surface area contributed by atoms with Gasteiger partial charge in [0.05, 0.1) is 24.4 Å². The Labute approximate surface area is 167 Å². The van der Waals surface area contributed by atoms with E-state index in [1.54, 1.807) is 24.5 Å². The normalized spacial score (nSPS) is 15.4. The number of nitrogens with zero attached hydrogens (tertiary/aromatic N) is 2. The summed E-state index contributed by atoms with van der Waals surface area (Å²) in [4.78, 5) is 18.9. The first kappa shape index (κ1) is 19.4. The number of aromatic amines is 1. The summed E-state index contributed by atoms with van der Waals surface area (Å²) in [5.74, 6) is -0.826. The zero-order valence-electron chi connectivity index (χ0n) is 15.6. The molecule has 4 N–H and O–H groups in total. The van der Waals surface area contributed by atoms with Gasteiger partial charge in [-0.25, -0.2) is 8.42 Å². The maximum absolute atomic E-state index is 13.3. The highest BCUT2D eigenvalue weighted by atomic mass is 32.2. The molecule has 0 unspecified atom stereocenters. The molecule has 0 saturated carbocycles. The molecule has 1 saturated heterocycles. The molecule has 3 heterocycles. The number of amides is 1. The average Bonchev–Trinajstić information content (AvgIpc) is 3.15. The summed E-state index contributed by atoms with van der Waals surface area (Å²) < 4.78 is 33.2. The Bertz CT molecular complexity index is 1140. The molecule has 0 aliphatic carbocycles. The molecule has 1 fully saturated rings. The quantitative estimate of drug-likeness (QED) is 0.556. The first-order valence-corrected chi connectivity index (χ1v) is 10.6. The van der Waals surface area contributed by atoms with Crippen LogP contribution in [0.25, 0.3) is 10.9 Å². The molecule has 2 aromatic heterocycles. The van der Waals surface area contributed by atoms with Gasteiger partial charge in [0.2, 0.25) is 10.0 Å². The highest BCUT2D eigenvalue weighted by Gasteiger charge is 2.33. The minimum atomic E-state index is -3.92. The second kappa shape index (κ2) is 7.82. The topological polar surface area (TPSA) is 130 Å². The monoisotopic (exact) mass is 415 g/mol. The van der Waals surface area contributed by atoms with E-state index >= 15 is 0 Å². The molecule has 9 nitrogen and oxygen atoms in total. The van der Waals surface area contributed by atoms with E-state index in [1.807, 2.05) is 18.2 Å². The maximum Gasteiger partial charge on any atom is 0.266 e. The number of ether oxygens (including phenoxy) is 1. The summed E-state index contributed by atoms with van der Waals surface area (Å²) in [6.07, 6.45) is 3.40. The van der Waals surface area contributed by atoms with Gasteiger partial charge in [-0.15, -0.1) is 0 Å². The van der Waals surface area contributed by atoms with E-state index in [9.17, 15) is 13.2 Å². The number of hydrogen-bond donors (Lipinski definition) is 3. The fraction of sp³-hybridized carbons (Fsp3) is 0.263. The number of nitrogens with one attached hydrogen (secondary N) is 2. The molecule has 29 heavy (non-hydrogen) atoms. The Morgan fingerprint density at radius 2 is 1.93 bits per heavy atom. The number of pyridine rings is 1. The molecule has 1 aliphatic rings. The summed E-state index contributed by atoms with van der Waals surface area (Å²) in [6.45, 7) is 1.59. The Morgan fingerprint density at radius 3 is 2.62 bits per heavy atom. The van der Waals surface area contributed by atoms with Gasteiger partial charge in [0, 0.05) is 37.4 Å². The number of hydrogen-bond acceptors (Lipinski definition) is 6. The van der Waals surface area contributed by atoms with Gasteiger partial charge in [-0.1, -0.05) is 12.1 Å². The molecule has 152 valence electrons. The SMILES string of the molecule is NC(=O)c1[nH]c2c(NCc3ccncc3)cccc2c1S(=O)(=O)N1CCOCC1. The number of carbonyl (C=O) groups excluding carboxylic acids is 1. The average molecular weight is 415 g/mol. The van der Waals surface area contributed by atoms with E-state index in [1.165, 1.54) is 4.31 Å². The van der Waals surface area contributed by atoms with E-state index in [2.05, 4.69) is 15.3 Å². The third-order valence-corrected chi connectivity index (χ3v) is 6.82. The Kier molecular flexibility index (Phi) is 5.22. The molecule has 0 bridgehead atoms. The predicted molar refractivity (Wildman–Crippen MR) is 108 cm³/mol. The summed E-state index contributed by atoms with van der Waals surface area (Å²) in [7, 11) is -3.92. The first-order chi connectivity index (χ1) is 14.0. The van der Waals surface area contributed by atoms with Gasteiger partial charge in [-0.3, -0.25) is 9.78 Å². The molecule has 0 atom stereocenters. The zero-order valence-corrected chi connectivity index (χ0v) is 16.4. The van der Waals surface area contributed by atoms with Crippen LogP contribution in [0.2, 0.25) is 0 Å². The van der Waals surface area contributed by atoms with Crippen LogP contribution in [0.15, 0.2) is 47.6 Å². The Hall–Kier alpha value is -2.95. The molecular weight excluding hydrogens is 394 g/mol. The maximum atomic E-state index is 13.3. The van der Waals surface area contributed by atoms with Crippen LogP contribution in [-0.2, 0) is 21.3 Å². The van der Waals surface area contributed by atoms with Crippen LogP contribution in [0.4, 0.5) is 5.69 Å². The summed E-state index contributed by atoms with van der Waals surface area (Å²) in [5.41, 5.74) is 7.60. The van der Waals surface area contributed by atoms with E-state index in [0.717, 1.165) is 5.56 Å². The highest BCUT2D eigenvalue weighted by Crippen LogP contribution is 2.33. The lowest BCUT2D eigenvalue weighted by Crippen LogP contribution is -2.41. The molecule has 1 aromatic carbocycles. The van der Waals surface area contributed by atoms with Crippen molar-refractivity contribution in [2.24, 2.45) is 5.73 Å². The minimum Gasteiger partial charge on any atom is -0.379 e. The lowest BCUT2D eigenvalue weighted by atomic mass is 10.2. The number of anilines is 1. The van der Waals surface area contributed by atoms with Gasteiger partial charge in [-0.05, 0) is 23.8 Å².